The Kier molecular flexibility index (Phi) is 4.44. The van der Waals surface area contributed by atoms with Crippen molar-refractivity contribution in [1.82, 2.24) is 4.90 Å². The first-order valence-electron chi connectivity index (χ1n) is 5.16. The van der Waals surface area contributed by atoms with Crippen LogP contribution in [-0.4, -0.2) is 29.3 Å². The second-order valence-electron chi connectivity index (χ2n) is 4.04. The molecule has 0 bridgehead atoms. The summed E-state index contributed by atoms with van der Waals surface area (Å²) in [6.07, 6.45) is 0. The van der Waals surface area contributed by atoms with Crippen LogP contribution in [0.2, 0.25) is 5.02 Å². The van der Waals surface area contributed by atoms with E-state index in [0.29, 0.717) is 12.1 Å². The Morgan fingerprint density at radius 3 is 2.61 bits per heavy atom. The van der Waals surface area contributed by atoms with E-state index in [0.717, 1.165) is 5.57 Å². The predicted octanol–water partition coefficient (Wildman–Crippen LogP) is 2.90. The minimum absolute atomic E-state index is 0.0467. The lowest BCUT2D eigenvalue weighted by Gasteiger charge is -2.17. The van der Waals surface area contributed by atoms with Crippen LogP contribution < -0.4 is 0 Å². The fourth-order valence-electron chi connectivity index (χ4n) is 1.49. The van der Waals surface area contributed by atoms with Gasteiger partial charge < -0.3 is 4.90 Å². The fourth-order valence-corrected chi connectivity index (χ4v) is 1.73. The number of likely N-dealkylation sites (N-methyl/N-ethyl adjacent to an activating group) is 1. The number of nitro groups is 1. The highest BCUT2D eigenvalue weighted by Gasteiger charge is 2.17. The Bertz CT molecular complexity index is 514. The Labute approximate surface area is 110 Å². The van der Waals surface area contributed by atoms with E-state index in [2.05, 4.69) is 6.58 Å². The minimum Gasteiger partial charge on any atom is -0.338 e. The molecule has 0 saturated carbocycles. The van der Waals surface area contributed by atoms with Crippen molar-refractivity contribution < 1.29 is 9.72 Å². The van der Waals surface area contributed by atoms with Gasteiger partial charge in [0.25, 0.3) is 11.6 Å². The number of benzene rings is 1. The summed E-state index contributed by atoms with van der Waals surface area (Å²) in [7, 11) is 1.63. The summed E-state index contributed by atoms with van der Waals surface area (Å²) in [6, 6.07) is 3.92. The highest BCUT2D eigenvalue weighted by molar-refractivity contribution is 6.33. The highest BCUT2D eigenvalue weighted by Crippen LogP contribution is 2.25. The number of hydrogen-bond donors (Lipinski definition) is 0. The molecule has 5 nitrogen and oxygen atoms in total. The van der Waals surface area contributed by atoms with Crippen LogP contribution in [-0.2, 0) is 0 Å². The molecule has 0 aromatic heterocycles. The van der Waals surface area contributed by atoms with Crippen molar-refractivity contribution in [3.8, 4) is 0 Å². The standard InChI is InChI=1S/C12H13ClN2O3/c1-8(2)7-14(3)12(16)9-4-5-11(15(17)18)10(13)6-9/h4-6H,1,7H2,2-3H3. The van der Waals surface area contributed by atoms with Crippen molar-refractivity contribution >= 4 is 23.2 Å². The lowest BCUT2D eigenvalue weighted by Crippen LogP contribution is -2.28. The molecule has 0 aliphatic rings. The van der Waals surface area contributed by atoms with Crippen molar-refractivity contribution in [2.45, 2.75) is 6.92 Å². The molecule has 0 aliphatic heterocycles. The van der Waals surface area contributed by atoms with Gasteiger partial charge in [0.05, 0.1) is 4.92 Å². The topological polar surface area (TPSA) is 63.5 Å². The van der Waals surface area contributed by atoms with Crippen molar-refractivity contribution in [3.05, 3.63) is 51.1 Å². The normalized spacial score (nSPS) is 9.94. The zero-order valence-electron chi connectivity index (χ0n) is 10.1. The number of nitro benzene ring substituents is 1. The van der Waals surface area contributed by atoms with Crippen LogP contribution in [0.4, 0.5) is 5.69 Å². The van der Waals surface area contributed by atoms with Crippen molar-refractivity contribution in [3.63, 3.8) is 0 Å². The van der Waals surface area contributed by atoms with Gasteiger partial charge >= 0.3 is 0 Å². The molecule has 1 rings (SSSR count). The first-order chi connectivity index (χ1) is 8.32. The number of nitrogens with zero attached hydrogens (tertiary/aromatic N) is 2. The van der Waals surface area contributed by atoms with E-state index >= 15 is 0 Å². The van der Waals surface area contributed by atoms with Gasteiger partial charge in [-0.3, -0.25) is 14.9 Å². The smallest absolute Gasteiger partial charge is 0.287 e. The zero-order valence-corrected chi connectivity index (χ0v) is 10.9. The van der Waals surface area contributed by atoms with E-state index in [1.807, 2.05) is 6.92 Å². The average Bonchev–Trinajstić information content (AvgIpc) is 2.26. The molecule has 0 heterocycles. The molecule has 1 aromatic carbocycles. The van der Waals surface area contributed by atoms with Crippen LogP contribution in [0.1, 0.15) is 17.3 Å². The summed E-state index contributed by atoms with van der Waals surface area (Å²) in [5, 5.41) is 10.5. The van der Waals surface area contributed by atoms with E-state index in [4.69, 9.17) is 11.6 Å². The maximum Gasteiger partial charge on any atom is 0.287 e. The Balaban J connectivity index is 2.98. The highest BCUT2D eigenvalue weighted by atomic mass is 35.5. The van der Waals surface area contributed by atoms with Crippen molar-refractivity contribution in [2.75, 3.05) is 13.6 Å². The second kappa shape index (κ2) is 5.64. The predicted molar refractivity (Wildman–Crippen MR) is 69.9 cm³/mol. The summed E-state index contributed by atoms with van der Waals surface area (Å²) in [5.74, 6) is -0.255. The van der Waals surface area contributed by atoms with Crippen LogP contribution in [0, 0.1) is 10.1 Å². The average molecular weight is 269 g/mol. The zero-order chi connectivity index (χ0) is 13.9. The first kappa shape index (κ1) is 14.2. The summed E-state index contributed by atoms with van der Waals surface area (Å²) in [6.45, 7) is 5.95. The number of carbonyl (C=O) groups is 1. The van der Waals surface area contributed by atoms with E-state index in [1.165, 1.54) is 23.1 Å². The molecule has 1 aromatic rings. The van der Waals surface area contributed by atoms with E-state index in [1.54, 1.807) is 7.05 Å². The molecule has 0 radical (unpaired) electrons. The molecule has 1 amide bonds. The molecule has 0 unspecified atom stereocenters. The van der Waals surface area contributed by atoms with Gasteiger partial charge in [-0.05, 0) is 19.1 Å². The monoisotopic (exact) mass is 268 g/mol. The molecule has 0 N–H and O–H groups in total. The van der Waals surface area contributed by atoms with Gasteiger partial charge in [-0.1, -0.05) is 23.8 Å². The molecular formula is C12H13ClN2O3. The van der Waals surface area contributed by atoms with Crippen molar-refractivity contribution in [2.24, 2.45) is 0 Å². The van der Waals surface area contributed by atoms with Gasteiger partial charge in [0.1, 0.15) is 5.02 Å². The van der Waals surface area contributed by atoms with E-state index in [9.17, 15) is 14.9 Å². The third-order valence-corrected chi connectivity index (χ3v) is 2.55. The van der Waals surface area contributed by atoms with Crippen LogP contribution in [0.15, 0.2) is 30.4 Å². The molecule has 6 heteroatoms. The van der Waals surface area contributed by atoms with Crippen LogP contribution >= 0.6 is 11.6 Å². The third-order valence-electron chi connectivity index (χ3n) is 2.25. The third kappa shape index (κ3) is 3.30. The SMILES string of the molecule is C=C(C)CN(C)C(=O)c1ccc([N+](=O)[O-])c(Cl)c1. The molecule has 0 atom stereocenters. The quantitative estimate of drug-likeness (QED) is 0.479. The maximum absolute atomic E-state index is 12.0. The number of rotatable bonds is 4. The van der Waals surface area contributed by atoms with Gasteiger partial charge in [0, 0.05) is 25.2 Å². The number of hydrogen-bond acceptors (Lipinski definition) is 3. The molecule has 0 fully saturated rings. The summed E-state index contributed by atoms with van der Waals surface area (Å²) in [4.78, 5) is 23.4. The Morgan fingerprint density at radius 2 is 2.17 bits per heavy atom. The summed E-state index contributed by atoms with van der Waals surface area (Å²) in [5.41, 5.74) is 0.948. The Morgan fingerprint density at radius 1 is 1.56 bits per heavy atom. The van der Waals surface area contributed by atoms with Crippen LogP contribution in [0.3, 0.4) is 0 Å². The summed E-state index contributed by atoms with van der Waals surface area (Å²) >= 11 is 5.75. The number of amides is 1. The van der Waals surface area contributed by atoms with Gasteiger partial charge in [0.2, 0.25) is 0 Å². The lowest BCUT2D eigenvalue weighted by atomic mass is 10.1. The van der Waals surface area contributed by atoms with Crippen LogP contribution in [0.5, 0.6) is 0 Å². The molecule has 0 saturated heterocycles. The van der Waals surface area contributed by atoms with Gasteiger partial charge in [-0.25, -0.2) is 0 Å². The van der Waals surface area contributed by atoms with Gasteiger partial charge in [0.15, 0.2) is 0 Å². The minimum atomic E-state index is -0.589. The summed E-state index contributed by atoms with van der Waals surface area (Å²) < 4.78 is 0. The lowest BCUT2D eigenvalue weighted by molar-refractivity contribution is -0.384. The Hall–Kier alpha value is -1.88. The largest absolute Gasteiger partial charge is 0.338 e. The molecule has 0 aliphatic carbocycles. The number of carbonyl (C=O) groups excluding carboxylic acids is 1. The van der Waals surface area contributed by atoms with Gasteiger partial charge in [-0.15, -0.1) is 0 Å². The maximum atomic E-state index is 12.0. The molecule has 96 valence electrons. The van der Waals surface area contributed by atoms with Crippen molar-refractivity contribution in [1.29, 1.82) is 0 Å². The van der Waals surface area contributed by atoms with E-state index < -0.39 is 4.92 Å². The fraction of sp³-hybridized carbons (Fsp3) is 0.250. The van der Waals surface area contributed by atoms with Gasteiger partial charge in [-0.2, -0.15) is 0 Å². The van der Waals surface area contributed by atoms with Crippen LogP contribution in [0.25, 0.3) is 0 Å². The molecule has 18 heavy (non-hydrogen) atoms. The van der Waals surface area contributed by atoms with E-state index in [-0.39, 0.29) is 16.6 Å². The number of halogens is 1. The first-order valence-corrected chi connectivity index (χ1v) is 5.54. The molecule has 0 spiro atoms. The molecular weight excluding hydrogens is 256 g/mol. The second-order valence-corrected chi connectivity index (χ2v) is 4.45.